The Labute approximate surface area is 147 Å². The van der Waals surface area contributed by atoms with Gasteiger partial charge in [-0.2, -0.15) is 0 Å². The number of rotatable bonds is 5. The van der Waals surface area contributed by atoms with Crippen molar-refractivity contribution in [1.29, 1.82) is 0 Å². The van der Waals surface area contributed by atoms with Crippen LogP contribution in [0, 0.1) is 13.8 Å². The lowest BCUT2D eigenvalue weighted by Gasteiger charge is -2.36. The van der Waals surface area contributed by atoms with Crippen LogP contribution < -0.4 is 0 Å². The Balaban J connectivity index is 1.64. The quantitative estimate of drug-likeness (QED) is 0.815. The van der Waals surface area contributed by atoms with Crippen molar-refractivity contribution >= 4 is 16.7 Å². The van der Waals surface area contributed by atoms with Crippen LogP contribution in [0.15, 0.2) is 18.2 Å². The van der Waals surface area contributed by atoms with E-state index in [0.717, 1.165) is 51.3 Å². The second-order valence-electron chi connectivity index (χ2n) is 7.37. The number of benzene rings is 1. The molecule has 4 nitrogen and oxygen atoms in total. The Morgan fingerprint density at radius 1 is 1.08 bits per heavy atom. The lowest BCUT2D eigenvalue weighted by Crippen LogP contribution is -2.52. The number of hydrogen-bond acceptors (Lipinski definition) is 3. The molecule has 0 aromatic heterocycles. The maximum Gasteiger partial charge on any atom is 0.233 e. The van der Waals surface area contributed by atoms with Gasteiger partial charge in [0.15, 0.2) is 0 Å². The molecule has 1 saturated heterocycles. The fourth-order valence-corrected chi connectivity index (χ4v) is 4.25. The molecule has 1 saturated carbocycles. The van der Waals surface area contributed by atoms with E-state index in [9.17, 15) is 9.00 Å². The van der Waals surface area contributed by atoms with E-state index in [2.05, 4.69) is 36.9 Å². The minimum Gasteiger partial charge on any atom is -0.339 e. The number of piperazine rings is 1. The standard InChI is InChI=1S/C19H28N2O2S/c1-15-12-16(2)14-17(13-15)19(4-5-19)18(22)21-8-6-20(7-9-21)10-11-24(3)23/h12-14H,4-11H2,1-3H3. The highest BCUT2D eigenvalue weighted by molar-refractivity contribution is 7.84. The number of nitrogens with zero attached hydrogens (tertiary/aromatic N) is 2. The molecule has 0 spiro atoms. The van der Waals surface area contributed by atoms with Gasteiger partial charge in [-0.3, -0.25) is 13.9 Å². The normalized spacial score (nSPS) is 21.5. The molecule has 2 aliphatic rings. The highest BCUT2D eigenvalue weighted by atomic mass is 32.2. The van der Waals surface area contributed by atoms with E-state index in [1.807, 2.05) is 4.90 Å². The number of aryl methyl sites for hydroxylation is 2. The maximum absolute atomic E-state index is 13.1. The van der Waals surface area contributed by atoms with Gasteiger partial charge in [0, 0.05) is 55.5 Å². The molecule has 1 aliphatic heterocycles. The molecule has 1 aromatic rings. The van der Waals surface area contributed by atoms with Crippen molar-refractivity contribution in [2.45, 2.75) is 32.1 Å². The SMILES string of the molecule is Cc1cc(C)cc(C2(C(=O)N3CCN(CCS(C)=O)CC3)CC2)c1. The van der Waals surface area contributed by atoms with Crippen molar-refractivity contribution in [3.63, 3.8) is 0 Å². The molecular formula is C19H28N2O2S. The lowest BCUT2D eigenvalue weighted by molar-refractivity contribution is -0.135. The van der Waals surface area contributed by atoms with E-state index in [0.29, 0.717) is 5.91 Å². The summed E-state index contributed by atoms with van der Waals surface area (Å²) in [5, 5.41) is 0. The number of hydrogen-bond donors (Lipinski definition) is 0. The van der Waals surface area contributed by atoms with Crippen molar-refractivity contribution in [2.24, 2.45) is 0 Å². The van der Waals surface area contributed by atoms with Gasteiger partial charge in [-0.15, -0.1) is 0 Å². The number of amides is 1. The molecule has 0 radical (unpaired) electrons. The summed E-state index contributed by atoms with van der Waals surface area (Å²) in [4.78, 5) is 17.5. The summed E-state index contributed by atoms with van der Waals surface area (Å²) in [6, 6.07) is 6.54. The van der Waals surface area contributed by atoms with Crippen LogP contribution in [0.3, 0.4) is 0 Å². The first kappa shape index (κ1) is 17.6. The molecule has 2 fully saturated rings. The molecule has 1 heterocycles. The van der Waals surface area contributed by atoms with Gasteiger partial charge < -0.3 is 4.90 Å². The van der Waals surface area contributed by atoms with Crippen molar-refractivity contribution in [1.82, 2.24) is 9.80 Å². The first-order valence-electron chi connectivity index (χ1n) is 8.81. The smallest absolute Gasteiger partial charge is 0.233 e. The molecule has 24 heavy (non-hydrogen) atoms. The number of carbonyl (C=O) groups excluding carboxylic acids is 1. The third kappa shape index (κ3) is 3.72. The van der Waals surface area contributed by atoms with Crippen LogP contribution in [-0.2, 0) is 21.0 Å². The summed E-state index contributed by atoms with van der Waals surface area (Å²) in [5.74, 6) is 1.03. The van der Waals surface area contributed by atoms with Gasteiger partial charge in [-0.05, 0) is 32.3 Å². The van der Waals surface area contributed by atoms with Gasteiger partial charge >= 0.3 is 0 Å². The molecule has 1 atom stereocenters. The fraction of sp³-hybridized carbons (Fsp3) is 0.632. The van der Waals surface area contributed by atoms with Gasteiger partial charge in [-0.1, -0.05) is 29.3 Å². The molecule has 1 unspecified atom stereocenters. The molecule has 1 amide bonds. The molecule has 0 N–H and O–H groups in total. The van der Waals surface area contributed by atoms with E-state index in [-0.39, 0.29) is 5.41 Å². The van der Waals surface area contributed by atoms with Gasteiger partial charge in [0.2, 0.25) is 5.91 Å². The average Bonchev–Trinajstić information content (AvgIpc) is 3.33. The minimum absolute atomic E-state index is 0.260. The van der Waals surface area contributed by atoms with Crippen LogP contribution in [0.2, 0.25) is 0 Å². The summed E-state index contributed by atoms with van der Waals surface area (Å²) in [7, 11) is -0.741. The van der Waals surface area contributed by atoms with E-state index >= 15 is 0 Å². The molecule has 132 valence electrons. The van der Waals surface area contributed by atoms with Gasteiger partial charge in [0.05, 0.1) is 5.41 Å². The Morgan fingerprint density at radius 3 is 2.17 bits per heavy atom. The third-order valence-corrected chi connectivity index (χ3v) is 6.05. The summed E-state index contributed by atoms with van der Waals surface area (Å²) in [5.41, 5.74) is 3.42. The van der Waals surface area contributed by atoms with Crippen LogP contribution in [0.5, 0.6) is 0 Å². The highest BCUT2D eigenvalue weighted by Crippen LogP contribution is 2.50. The number of carbonyl (C=O) groups is 1. The predicted molar refractivity (Wildman–Crippen MR) is 98.8 cm³/mol. The second-order valence-corrected chi connectivity index (χ2v) is 8.92. The third-order valence-electron chi connectivity index (χ3n) is 5.29. The van der Waals surface area contributed by atoms with Crippen LogP contribution in [0.1, 0.15) is 29.5 Å². The van der Waals surface area contributed by atoms with Crippen molar-refractivity contribution in [3.05, 3.63) is 34.9 Å². The predicted octanol–water partition coefficient (Wildman–Crippen LogP) is 1.86. The topological polar surface area (TPSA) is 40.6 Å². The van der Waals surface area contributed by atoms with Crippen molar-refractivity contribution in [3.8, 4) is 0 Å². The zero-order valence-corrected chi connectivity index (χ0v) is 15.8. The van der Waals surface area contributed by atoms with Crippen LogP contribution >= 0.6 is 0 Å². The highest BCUT2D eigenvalue weighted by Gasteiger charge is 2.53. The summed E-state index contributed by atoms with van der Waals surface area (Å²) >= 11 is 0. The molecule has 1 aromatic carbocycles. The van der Waals surface area contributed by atoms with E-state index in [1.54, 1.807) is 6.26 Å². The van der Waals surface area contributed by atoms with E-state index in [4.69, 9.17) is 0 Å². The lowest BCUT2D eigenvalue weighted by atomic mass is 9.91. The van der Waals surface area contributed by atoms with Crippen molar-refractivity contribution in [2.75, 3.05) is 44.7 Å². The fourth-order valence-electron chi connectivity index (χ4n) is 3.74. The van der Waals surface area contributed by atoms with Gasteiger partial charge in [-0.25, -0.2) is 0 Å². The Hall–Kier alpha value is -1.20. The van der Waals surface area contributed by atoms with Crippen molar-refractivity contribution < 1.29 is 9.00 Å². The van der Waals surface area contributed by atoms with Crippen LogP contribution in [0.4, 0.5) is 0 Å². The Kier molecular flexibility index (Phi) is 5.11. The Bertz CT molecular complexity index is 627. The summed E-state index contributed by atoms with van der Waals surface area (Å²) < 4.78 is 11.2. The van der Waals surface area contributed by atoms with E-state index < -0.39 is 10.8 Å². The first-order valence-corrected chi connectivity index (χ1v) is 10.5. The Morgan fingerprint density at radius 2 is 1.67 bits per heavy atom. The summed E-state index contributed by atoms with van der Waals surface area (Å²) in [6.07, 6.45) is 3.70. The minimum atomic E-state index is -0.741. The first-order chi connectivity index (χ1) is 11.4. The molecular weight excluding hydrogens is 320 g/mol. The molecule has 3 rings (SSSR count). The molecule has 0 bridgehead atoms. The van der Waals surface area contributed by atoms with Gasteiger partial charge in [0.25, 0.3) is 0 Å². The van der Waals surface area contributed by atoms with Crippen LogP contribution in [0.25, 0.3) is 0 Å². The maximum atomic E-state index is 13.1. The largest absolute Gasteiger partial charge is 0.339 e. The zero-order valence-electron chi connectivity index (χ0n) is 15.0. The van der Waals surface area contributed by atoms with E-state index in [1.165, 1.54) is 16.7 Å². The second kappa shape index (κ2) is 6.96. The summed E-state index contributed by atoms with van der Waals surface area (Å²) in [6.45, 7) is 8.45. The molecule has 5 heteroatoms. The zero-order chi connectivity index (χ0) is 17.3. The van der Waals surface area contributed by atoms with Crippen LogP contribution in [-0.4, -0.2) is 64.6 Å². The average molecular weight is 349 g/mol. The van der Waals surface area contributed by atoms with Gasteiger partial charge in [0.1, 0.15) is 0 Å². The molecule has 1 aliphatic carbocycles. The monoisotopic (exact) mass is 348 g/mol.